The molecule has 0 spiro atoms. The van der Waals surface area contributed by atoms with Crippen molar-refractivity contribution < 1.29 is 18.7 Å². The van der Waals surface area contributed by atoms with Crippen molar-refractivity contribution in [3.05, 3.63) is 95.5 Å². The summed E-state index contributed by atoms with van der Waals surface area (Å²) in [6, 6.07) is 21.5. The topological polar surface area (TPSA) is 104 Å². The first kappa shape index (κ1) is 22.4. The fourth-order valence-electron chi connectivity index (χ4n) is 2.87. The third kappa shape index (κ3) is 6.61. The Morgan fingerprint density at radius 2 is 1.84 bits per heavy atom. The van der Waals surface area contributed by atoms with E-state index < -0.39 is 5.91 Å². The van der Waals surface area contributed by atoms with Gasteiger partial charge < -0.3 is 19.8 Å². The number of furan rings is 1. The van der Waals surface area contributed by atoms with Crippen LogP contribution in [0.3, 0.4) is 0 Å². The summed E-state index contributed by atoms with van der Waals surface area (Å²) < 4.78 is 10.6. The Hall–Kier alpha value is -4.31. The van der Waals surface area contributed by atoms with Gasteiger partial charge in [-0.05, 0) is 48.4 Å². The normalized spacial score (nSPS) is 11.8. The van der Waals surface area contributed by atoms with Crippen LogP contribution in [0.25, 0.3) is 6.08 Å². The molecule has 162 valence electrons. The van der Waals surface area contributed by atoms with Gasteiger partial charge in [0.05, 0.1) is 18.8 Å². The number of amides is 2. The number of nitriles is 1. The Morgan fingerprint density at radius 3 is 2.50 bits per heavy atom. The molecule has 2 N–H and O–H groups in total. The first-order valence-corrected chi connectivity index (χ1v) is 10.0. The predicted octanol–water partition coefficient (Wildman–Crippen LogP) is 3.76. The van der Waals surface area contributed by atoms with Gasteiger partial charge >= 0.3 is 0 Å². The van der Waals surface area contributed by atoms with Gasteiger partial charge in [-0.1, -0.05) is 42.5 Å². The molecule has 3 aromatic rings. The van der Waals surface area contributed by atoms with Crippen LogP contribution in [0.1, 0.15) is 29.9 Å². The molecule has 1 heterocycles. The highest BCUT2D eigenvalue weighted by molar-refractivity contribution is 6.01. The highest BCUT2D eigenvalue weighted by atomic mass is 16.5. The molecule has 0 unspecified atom stereocenters. The lowest BCUT2D eigenvalue weighted by atomic mass is 10.1. The van der Waals surface area contributed by atoms with Crippen molar-refractivity contribution in [2.75, 3.05) is 6.61 Å². The molecule has 2 aromatic carbocycles. The van der Waals surface area contributed by atoms with Crippen molar-refractivity contribution in [1.29, 1.82) is 5.26 Å². The Morgan fingerprint density at radius 1 is 1.09 bits per heavy atom. The number of ether oxygens (including phenoxy) is 1. The molecule has 0 saturated heterocycles. The van der Waals surface area contributed by atoms with E-state index in [9.17, 15) is 14.9 Å². The smallest absolute Gasteiger partial charge is 0.262 e. The summed E-state index contributed by atoms with van der Waals surface area (Å²) >= 11 is 0. The molecule has 3 rings (SSSR count). The molecule has 7 nitrogen and oxygen atoms in total. The van der Waals surface area contributed by atoms with Crippen molar-refractivity contribution >= 4 is 17.9 Å². The van der Waals surface area contributed by atoms with Gasteiger partial charge in [-0.25, -0.2) is 0 Å². The summed E-state index contributed by atoms with van der Waals surface area (Å²) in [6.07, 6.45) is 3.05. The third-order valence-corrected chi connectivity index (χ3v) is 4.61. The van der Waals surface area contributed by atoms with E-state index in [-0.39, 0.29) is 24.1 Å². The summed E-state index contributed by atoms with van der Waals surface area (Å²) in [7, 11) is 0. The van der Waals surface area contributed by atoms with Crippen LogP contribution in [0.2, 0.25) is 0 Å². The number of hydrogen-bond donors (Lipinski definition) is 2. The van der Waals surface area contributed by atoms with Crippen molar-refractivity contribution in [3.8, 4) is 11.8 Å². The number of benzene rings is 2. The van der Waals surface area contributed by atoms with E-state index in [0.29, 0.717) is 23.6 Å². The minimum absolute atomic E-state index is 0.00115. The van der Waals surface area contributed by atoms with Crippen LogP contribution in [0.15, 0.2) is 83.0 Å². The second kappa shape index (κ2) is 11.2. The van der Waals surface area contributed by atoms with Gasteiger partial charge in [0.15, 0.2) is 6.61 Å². The first-order valence-electron chi connectivity index (χ1n) is 10.0. The number of carbonyl (C=O) groups excluding carboxylic acids is 2. The van der Waals surface area contributed by atoms with E-state index in [2.05, 4.69) is 10.6 Å². The Labute approximate surface area is 186 Å². The van der Waals surface area contributed by atoms with Gasteiger partial charge in [0.2, 0.25) is 0 Å². The lowest BCUT2D eigenvalue weighted by Gasteiger charge is -2.13. The predicted molar refractivity (Wildman–Crippen MR) is 119 cm³/mol. The minimum Gasteiger partial charge on any atom is -0.484 e. The second-order valence-electron chi connectivity index (χ2n) is 6.99. The second-order valence-corrected chi connectivity index (χ2v) is 6.99. The van der Waals surface area contributed by atoms with Crippen molar-refractivity contribution in [3.63, 3.8) is 0 Å². The number of carbonyl (C=O) groups is 2. The monoisotopic (exact) mass is 429 g/mol. The summed E-state index contributed by atoms with van der Waals surface area (Å²) in [4.78, 5) is 24.3. The standard InChI is InChI=1S/C25H23N3O4/c1-18(20-6-3-2-4-7-20)28-25(30)21(15-26)14-19-9-11-22(12-10-19)32-17-24(29)27-16-23-8-5-13-31-23/h2-14,18H,16-17H2,1H3,(H,27,29)(H,28,30)/b21-14+/t18-/m0/s1. The molecule has 0 aliphatic carbocycles. The van der Waals surface area contributed by atoms with E-state index in [1.54, 1.807) is 42.7 Å². The first-order chi connectivity index (χ1) is 15.5. The molecule has 0 saturated carbocycles. The number of nitrogens with zero attached hydrogens (tertiary/aromatic N) is 1. The van der Waals surface area contributed by atoms with Gasteiger partial charge in [0.1, 0.15) is 23.2 Å². The van der Waals surface area contributed by atoms with Crippen LogP contribution in [0.5, 0.6) is 5.75 Å². The molecule has 0 aliphatic rings. The van der Waals surface area contributed by atoms with Gasteiger partial charge in [0, 0.05) is 0 Å². The van der Waals surface area contributed by atoms with Gasteiger partial charge in [0.25, 0.3) is 11.8 Å². The van der Waals surface area contributed by atoms with Crippen LogP contribution < -0.4 is 15.4 Å². The zero-order chi connectivity index (χ0) is 22.8. The molecule has 0 fully saturated rings. The zero-order valence-electron chi connectivity index (χ0n) is 17.6. The quantitative estimate of drug-likeness (QED) is 0.398. The molecule has 0 bridgehead atoms. The van der Waals surface area contributed by atoms with E-state index in [1.165, 1.54) is 6.08 Å². The van der Waals surface area contributed by atoms with Crippen molar-refractivity contribution in [1.82, 2.24) is 10.6 Å². The molecular formula is C25H23N3O4. The summed E-state index contributed by atoms with van der Waals surface area (Å²) in [5, 5.41) is 14.9. The fourth-order valence-corrected chi connectivity index (χ4v) is 2.87. The SMILES string of the molecule is C[C@H](NC(=O)/C(C#N)=C/c1ccc(OCC(=O)NCc2ccco2)cc1)c1ccccc1. The Bertz CT molecular complexity index is 1100. The molecule has 1 atom stereocenters. The molecule has 0 aliphatic heterocycles. The van der Waals surface area contributed by atoms with Crippen LogP contribution in [-0.4, -0.2) is 18.4 Å². The Kier molecular flexibility index (Phi) is 7.82. The van der Waals surface area contributed by atoms with E-state index in [4.69, 9.17) is 9.15 Å². The molecular weight excluding hydrogens is 406 g/mol. The molecule has 0 radical (unpaired) electrons. The van der Waals surface area contributed by atoms with E-state index >= 15 is 0 Å². The van der Waals surface area contributed by atoms with Crippen molar-refractivity contribution in [2.45, 2.75) is 19.5 Å². The average molecular weight is 429 g/mol. The summed E-state index contributed by atoms with van der Waals surface area (Å²) in [6.45, 7) is 2.01. The number of rotatable bonds is 9. The average Bonchev–Trinajstić information content (AvgIpc) is 3.35. The lowest BCUT2D eigenvalue weighted by Crippen LogP contribution is -2.28. The van der Waals surface area contributed by atoms with Crippen LogP contribution in [0.4, 0.5) is 0 Å². The van der Waals surface area contributed by atoms with Crippen LogP contribution in [-0.2, 0) is 16.1 Å². The molecule has 2 amide bonds. The molecule has 1 aromatic heterocycles. The van der Waals surface area contributed by atoms with Gasteiger partial charge in [-0.2, -0.15) is 5.26 Å². The van der Waals surface area contributed by atoms with Crippen LogP contribution in [0, 0.1) is 11.3 Å². The highest BCUT2D eigenvalue weighted by Gasteiger charge is 2.13. The largest absolute Gasteiger partial charge is 0.484 e. The van der Waals surface area contributed by atoms with Gasteiger partial charge in [-0.3, -0.25) is 9.59 Å². The maximum atomic E-state index is 12.5. The summed E-state index contributed by atoms with van der Waals surface area (Å²) in [5.41, 5.74) is 1.62. The van der Waals surface area contributed by atoms with E-state index in [0.717, 1.165) is 5.56 Å². The van der Waals surface area contributed by atoms with Crippen molar-refractivity contribution in [2.24, 2.45) is 0 Å². The maximum Gasteiger partial charge on any atom is 0.262 e. The summed E-state index contributed by atoms with van der Waals surface area (Å²) in [5.74, 6) is 0.430. The third-order valence-electron chi connectivity index (χ3n) is 4.61. The highest BCUT2D eigenvalue weighted by Crippen LogP contribution is 2.16. The number of nitrogens with one attached hydrogen (secondary N) is 2. The zero-order valence-corrected chi connectivity index (χ0v) is 17.6. The van der Waals surface area contributed by atoms with Gasteiger partial charge in [-0.15, -0.1) is 0 Å². The van der Waals surface area contributed by atoms with E-state index in [1.807, 2.05) is 43.3 Å². The number of hydrogen-bond acceptors (Lipinski definition) is 5. The lowest BCUT2D eigenvalue weighted by molar-refractivity contribution is -0.123. The molecule has 32 heavy (non-hydrogen) atoms. The van der Waals surface area contributed by atoms with Crippen LogP contribution >= 0.6 is 0 Å². The maximum absolute atomic E-state index is 12.5. The minimum atomic E-state index is -0.447. The molecule has 7 heteroatoms. The Balaban J connectivity index is 1.52. The fraction of sp³-hybridized carbons (Fsp3) is 0.160.